The van der Waals surface area contributed by atoms with Crippen LogP contribution in [0, 0.1) is 6.92 Å². The first-order valence-electron chi connectivity index (χ1n) is 5.09. The molecule has 2 rings (SSSR count). The predicted molar refractivity (Wildman–Crippen MR) is 73.3 cm³/mol. The maximum absolute atomic E-state index is 11.3. The van der Waals surface area contributed by atoms with E-state index >= 15 is 0 Å². The molecule has 0 atom stereocenters. The third-order valence-corrected chi connectivity index (χ3v) is 3.59. The number of halogens is 1. The van der Waals surface area contributed by atoms with Gasteiger partial charge in [-0.25, -0.2) is 4.98 Å². The quantitative estimate of drug-likeness (QED) is 0.886. The molecule has 2 aromatic rings. The highest BCUT2D eigenvalue weighted by molar-refractivity contribution is 9.10. The molecule has 0 bridgehead atoms. The monoisotopic (exact) mass is 310 g/mol. The number of nitrogens with zero attached hydrogens (tertiary/aromatic N) is 1. The summed E-state index contributed by atoms with van der Waals surface area (Å²) < 4.78 is 1.05. The summed E-state index contributed by atoms with van der Waals surface area (Å²) >= 11 is 5.07. The molecule has 1 aromatic carbocycles. The van der Waals surface area contributed by atoms with Crippen LogP contribution in [0.5, 0.6) is 0 Å². The fraction of sp³-hybridized carbons (Fsp3) is 0.167. The molecule has 1 N–H and O–H groups in total. The highest BCUT2D eigenvalue weighted by atomic mass is 79.9. The van der Waals surface area contributed by atoms with Crippen molar-refractivity contribution in [2.75, 3.05) is 0 Å². The van der Waals surface area contributed by atoms with Crippen molar-refractivity contribution in [2.24, 2.45) is 0 Å². The summed E-state index contributed by atoms with van der Waals surface area (Å²) in [6.45, 7) is 1.82. The summed E-state index contributed by atoms with van der Waals surface area (Å²) in [7, 11) is 0. The minimum Gasteiger partial charge on any atom is -0.310 e. The summed E-state index contributed by atoms with van der Waals surface area (Å²) in [6.07, 6.45) is 0. The van der Waals surface area contributed by atoms with Crippen molar-refractivity contribution in [3.63, 3.8) is 0 Å². The van der Waals surface area contributed by atoms with Gasteiger partial charge in [-0.1, -0.05) is 22.0 Å². The van der Waals surface area contributed by atoms with Gasteiger partial charge in [0.2, 0.25) is 0 Å². The zero-order valence-corrected chi connectivity index (χ0v) is 11.6. The van der Waals surface area contributed by atoms with Crippen molar-refractivity contribution in [3.8, 4) is 0 Å². The van der Waals surface area contributed by atoms with Crippen LogP contribution in [-0.2, 0) is 5.75 Å². The Labute approximate surface area is 112 Å². The van der Waals surface area contributed by atoms with Crippen molar-refractivity contribution >= 4 is 27.7 Å². The molecule has 0 aliphatic rings. The normalized spacial score (nSPS) is 10.5. The summed E-state index contributed by atoms with van der Waals surface area (Å²) in [6, 6.07) is 9.53. The highest BCUT2D eigenvalue weighted by Gasteiger charge is 2.00. The van der Waals surface area contributed by atoms with E-state index in [1.54, 1.807) is 11.8 Å². The molecule has 0 aliphatic heterocycles. The Bertz CT molecular complexity index is 583. The van der Waals surface area contributed by atoms with Gasteiger partial charge >= 0.3 is 0 Å². The van der Waals surface area contributed by atoms with Crippen LogP contribution in [0.3, 0.4) is 0 Å². The van der Waals surface area contributed by atoms with E-state index in [4.69, 9.17) is 0 Å². The van der Waals surface area contributed by atoms with Gasteiger partial charge in [-0.05, 0) is 25.1 Å². The number of aromatic amines is 1. The summed E-state index contributed by atoms with van der Waals surface area (Å²) in [5.74, 6) is 1.37. The third kappa shape index (κ3) is 3.71. The Hall–Kier alpha value is -1.07. The first-order valence-corrected chi connectivity index (χ1v) is 6.86. The number of rotatable bonds is 3. The lowest BCUT2D eigenvalue weighted by Gasteiger charge is -2.02. The smallest absolute Gasteiger partial charge is 0.251 e. The van der Waals surface area contributed by atoms with Crippen LogP contribution < -0.4 is 5.56 Å². The predicted octanol–water partition coefficient (Wildman–Crippen LogP) is 3.13. The van der Waals surface area contributed by atoms with Crippen molar-refractivity contribution in [1.29, 1.82) is 0 Å². The van der Waals surface area contributed by atoms with Gasteiger partial charge in [0.15, 0.2) is 0 Å². The maximum Gasteiger partial charge on any atom is 0.251 e. The summed E-state index contributed by atoms with van der Waals surface area (Å²) in [5.41, 5.74) is 0.654. The number of nitrogens with one attached hydrogen (secondary N) is 1. The van der Waals surface area contributed by atoms with Gasteiger partial charge in [0.1, 0.15) is 5.82 Å². The number of thioether (sulfide) groups is 1. The van der Waals surface area contributed by atoms with E-state index in [2.05, 4.69) is 25.9 Å². The van der Waals surface area contributed by atoms with Crippen LogP contribution in [0.2, 0.25) is 0 Å². The fourth-order valence-corrected chi connectivity index (χ4v) is 2.79. The Morgan fingerprint density at radius 1 is 1.41 bits per heavy atom. The van der Waals surface area contributed by atoms with Gasteiger partial charge in [0.25, 0.3) is 5.56 Å². The minimum absolute atomic E-state index is 0.0951. The lowest BCUT2D eigenvalue weighted by molar-refractivity contribution is 0.968. The van der Waals surface area contributed by atoms with Gasteiger partial charge in [-0.15, -0.1) is 11.8 Å². The molecule has 0 fully saturated rings. The SMILES string of the molecule is Cc1cc(=O)[nH]c(CSc2cccc(Br)c2)n1. The zero-order valence-electron chi connectivity index (χ0n) is 9.24. The van der Waals surface area contributed by atoms with E-state index in [0.717, 1.165) is 15.1 Å². The van der Waals surface area contributed by atoms with Crippen LogP contribution in [0.15, 0.2) is 44.5 Å². The van der Waals surface area contributed by atoms with Gasteiger partial charge in [-0.2, -0.15) is 0 Å². The molecule has 5 heteroatoms. The molecule has 88 valence electrons. The average Bonchev–Trinajstić information content (AvgIpc) is 2.25. The van der Waals surface area contributed by atoms with Gasteiger partial charge in [0, 0.05) is 21.1 Å². The Balaban J connectivity index is 2.09. The molecule has 0 spiro atoms. The van der Waals surface area contributed by atoms with Crippen LogP contribution in [0.1, 0.15) is 11.5 Å². The number of aromatic nitrogens is 2. The summed E-state index contributed by atoms with van der Waals surface area (Å²) in [5, 5.41) is 0. The van der Waals surface area contributed by atoms with Crippen LogP contribution in [-0.4, -0.2) is 9.97 Å². The zero-order chi connectivity index (χ0) is 12.3. The van der Waals surface area contributed by atoms with Crippen molar-refractivity contribution in [2.45, 2.75) is 17.6 Å². The number of benzene rings is 1. The molecule has 17 heavy (non-hydrogen) atoms. The standard InChI is InChI=1S/C12H11BrN2OS/c1-8-5-12(16)15-11(14-8)7-17-10-4-2-3-9(13)6-10/h2-6H,7H2,1H3,(H,14,15,16). The van der Waals surface area contributed by atoms with E-state index in [9.17, 15) is 4.79 Å². The Morgan fingerprint density at radius 2 is 2.24 bits per heavy atom. The van der Waals surface area contributed by atoms with Crippen LogP contribution in [0.4, 0.5) is 0 Å². The lowest BCUT2D eigenvalue weighted by atomic mass is 10.4. The van der Waals surface area contributed by atoms with Crippen molar-refractivity contribution in [3.05, 3.63) is 56.7 Å². The summed E-state index contributed by atoms with van der Waals surface area (Å²) in [4.78, 5) is 19.4. The van der Waals surface area contributed by atoms with E-state index < -0.39 is 0 Å². The number of hydrogen-bond donors (Lipinski definition) is 1. The topological polar surface area (TPSA) is 45.8 Å². The van der Waals surface area contributed by atoms with Gasteiger partial charge < -0.3 is 4.98 Å². The third-order valence-electron chi connectivity index (χ3n) is 2.09. The molecule has 0 aliphatic carbocycles. The molecule has 1 aromatic heterocycles. The molecule has 3 nitrogen and oxygen atoms in total. The molecule has 0 radical (unpaired) electrons. The maximum atomic E-state index is 11.3. The largest absolute Gasteiger partial charge is 0.310 e. The average molecular weight is 311 g/mol. The molecule has 1 heterocycles. The minimum atomic E-state index is -0.0951. The number of H-pyrrole nitrogens is 1. The van der Waals surface area contributed by atoms with Crippen molar-refractivity contribution in [1.82, 2.24) is 9.97 Å². The van der Waals surface area contributed by atoms with Crippen LogP contribution >= 0.6 is 27.7 Å². The second-order valence-corrected chi connectivity index (χ2v) is 5.54. The number of aryl methyl sites for hydroxylation is 1. The Kier molecular flexibility index (Phi) is 4.02. The molecular formula is C12H11BrN2OS. The van der Waals surface area contributed by atoms with E-state index in [-0.39, 0.29) is 5.56 Å². The molecule has 0 amide bonds. The lowest BCUT2D eigenvalue weighted by Crippen LogP contribution is -2.10. The van der Waals surface area contributed by atoms with Gasteiger partial charge in [0.05, 0.1) is 5.75 Å². The van der Waals surface area contributed by atoms with Crippen molar-refractivity contribution < 1.29 is 0 Å². The Morgan fingerprint density at radius 3 is 2.94 bits per heavy atom. The highest BCUT2D eigenvalue weighted by Crippen LogP contribution is 2.23. The number of hydrogen-bond acceptors (Lipinski definition) is 3. The molecule has 0 unspecified atom stereocenters. The first kappa shape index (κ1) is 12.4. The van der Waals surface area contributed by atoms with E-state index in [0.29, 0.717) is 11.6 Å². The van der Waals surface area contributed by atoms with E-state index in [1.807, 2.05) is 31.2 Å². The van der Waals surface area contributed by atoms with E-state index in [1.165, 1.54) is 6.07 Å². The fourth-order valence-electron chi connectivity index (χ4n) is 1.42. The molecule has 0 saturated heterocycles. The second-order valence-electron chi connectivity index (χ2n) is 3.58. The molecule has 0 saturated carbocycles. The first-order chi connectivity index (χ1) is 8.13. The van der Waals surface area contributed by atoms with Crippen LogP contribution in [0.25, 0.3) is 0 Å². The second kappa shape index (κ2) is 5.51. The van der Waals surface area contributed by atoms with Gasteiger partial charge in [-0.3, -0.25) is 4.79 Å². The molecular weight excluding hydrogens is 300 g/mol.